The summed E-state index contributed by atoms with van der Waals surface area (Å²) < 4.78 is 23.7. The quantitative estimate of drug-likeness (QED) is 0.784. The van der Waals surface area contributed by atoms with Crippen molar-refractivity contribution in [2.75, 3.05) is 24.6 Å². The molecule has 2 aliphatic rings. The van der Waals surface area contributed by atoms with Gasteiger partial charge in [-0.15, -0.1) is 11.3 Å². The average Bonchev–Trinajstić information content (AvgIpc) is 3.22. The number of hydrogen-bond donors (Lipinski definition) is 1. The normalized spacial score (nSPS) is 23.8. The number of sulfone groups is 1. The van der Waals surface area contributed by atoms with Gasteiger partial charge in [-0.25, -0.2) is 8.42 Å². The van der Waals surface area contributed by atoms with Crippen LogP contribution < -0.4 is 5.32 Å². The zero-order valence-corrected chi connectivity index (χ0v) is 16.3. The van der Waals surface area contributed by atoms with Crippen LogP contribution in [0.1, 0.15) is 43.4 Å². The van der Waals surface area contributed by atoms with Crippen LogP contribution in [0.5, 0.6) is 0 Å². The number of nitrogens with zero attached hydrogens (tertiary/aromatic N) is 1. The van der Waals surface area contributed by atoms with Crippen LogP contribution in [0.2, 0.25) is 0 Å². The van der Waals surface area contributed by atoms with Crippen LogP contribution in [0.3, 0.4) is 0 Å². The highest BCUT2D eigenvalue weighted by atomic mass is 32.2. The molecule has 1 aliphatic heterocycles. The molecule has 1 aromatic heterocycles. The Kier molecular flexibility index (Phi) is 6.52. The number of carbonyl (C=O) groups excluding carboxylic acids is 1. The van der Waals surface area contributed by atoms with E-state index in [2.05, 4.69) is 5.32 Å². The summed E-state index contributed by atoms with van der Waals surface area (Å²) in [5, 5.41) is 5.10. The Labute approximate surface area is 154 Å². The van der Waals surface area contributed by atoms with E-state index in [9.17, 15) is 13.2 Å². The third-order valence-corrected chi connectivity index (χ3v) is 7.93. The van der Waals surface area contributed by atoms with Gasteiger partial charge in [0.05, 0.1) is 18.1 Å². The third-order valence-electron chi connectivity index (χ3n) is 5.32. The largest absolute Gasteiger partial charge is 0.355 e. The van der Waals surface area contributed by atoms with Gasteiger partial charge in [-0.1, -0.05) is 25.3 Å². The molecule has 2 heterocycles. The summed E-state index contributed by atoms with van der Waals surface area (Å²) in [5.41, 5.74) is 0. The number of hydrogen-bond acceptors (Lipinski definition) is 5. The second-order valence-corrected chi connectivity index (χ2v) is 10.6. The van der Waals surface area contributed by atoms with Crippen molar-refractivity contribution in [1.82, 2.24) is 10.2 Å². The molecule has 0 spiro atoms. The van der Waals surface area contributed by atoms with Gasteiger partial charge in [-0.2, -0.15) is 0 Å². The van der Waals surface area contributed by atoms with Gasteiger partial charge in [0.25, 0.3) is 0 Å². The maximum atomic E-state index is 12.4. The Balaban J connectivity index is 1.55. The third kappa shape index (κ3) is 5.79. The second-order valence-electron chi connectivity index (χ2n) is 7.35. The van der Waals surface area contributed by atoms with Gasteiger partial charge in [-0.3, -0.25) is 9.69 Å². The van der Waals surface area contributed by atoms with Crippen molar-refractivity contribution in [2.45, 2.75) is 51.1 Å². The van der Waals surface area contributed by atoms with Gasteiger partial charge in [0, 0.05) is 24.0 Å². The number of nitrogens with one attached hydrogen (secondary N) is 1. The maximum Gasteiger partial charge on any atom is 0.234 e. The summed E-state index contributed by atoms with van der Waals surface area (Å²) in [6.45, 7) is 1.69. The van der Waals surface area contributed by atoms with Gasteiger partial charge in [0.2, 0.25) is 5.91 Å². The van der Waals surface area contributed by atoms with Crippen molar-refractivity contribution in [1.29, 1.82) is 0 Å². The summed E-state index contributed by atoms with van der Waals surface area (Å²) in [4.78, 5) is 15.7. The molecule has 1 atom stereocenters. The molecule has 1 saturated carbocycles. The molecule has 7 heteroatoms. The summed E-state index contributed by atoms with van der Waals surface area (Å²) in [6, 6.07) is 3.99. The molecule has 0 bridgehead atoms. The van der Waals surface area contributed by atoms with Crippen LogP contribution in [-0.2, 0) is 21.2 Å². The van der Waals surface area contributed by atoms with E-state index in [1.165, 1.54) is 37.0 Å². The fraction of sp³-hybridized carbons (Fsp3) is 0.722. The SMILES string of the molecule is O=C(CN(Cc1cccs1)[C@@H]1CCS(=O)(=O)C1)NCC1CCCCC1. The molecule has 2 fully saturated rings. The number of amides is 1. The lowest BCUT2D eigenvalue weighted by atomic mass is 9.89. The molecule has 1 aromatic rings. The summed E-state index contributed by atoms with van der Waals surface area (Å²) >= 11 is 1.65. The van der Waals surface area contributed by atoms with Crippen molar-refractivity contribution in [2.24, 2.45) is 5.92 Å². The maximum absolute atomic E-state index is 12.4. The molecule has 25 heavy (non-hydrogen) atoms. The predicted octanol–water partition coefficient (Wildman–Crippen LogP) is 2.43. The van der Waals surface area contributed by atoms with Gasteiger partial charge in [0.1, 0.15) is 0 Å². The minimum Gasteiger partial charge on any atom is -0.355 e. The molecular formula is C18H28N2O3S2. The summed E-state index contributed by atoms with van der Waals surface area (Å²) in [5.74, 6) is 1.04. The van der Waals surface area contributed by atoms with Crippen LogP contribution in [0.25, 0.3) is 0 Å². The molecule has 3 rings (SSSR count). The Bertz CT molecular complexity index is 652. The molecule has 0 unspecified atom stereocenters. The van der Waals surface area contributed by atoms with Crippen molar-refractivity contribution < 1.29 is 13.2 Å². The van der Waals surface area contributed by atoms with E-state index >= 15 is 0 Å². The first-order valence-electron chi connectivity index (χ1n) is 9.25. The average molecular weight is 385 g/mol. The van der Waals surface area contributed by atoms with E-state index in [1.54, 1.807) is 11.3 Å². The predicted molar refractivity (Wildman–Crippen MR) is 101 cm³/mol. The van der Waals surface area contributed by atoms with Crippen LogP contribution >= 0.6 is 11.3 Å². The Morgan fingerprint density at radius 2 is 2.04 bits per heavy atom. The van der Waals surface area contributed by atoms with Gasteiger partial charge in [-0.05, 0) is 36.6 Å². The smallest absolute Gasteiger partial charge is 0.234 e. The molecule has 0 radical (unpaired) electrons. The number of carbonyl (C=O) groups is 1. The van der Waals surface area contributed by atoms with Crippen LogP contribution in [0, 0.1) is 5.92 Å². The fourth-order valence-electron chi connectivity index (χ4n) is 3.87. The van der Waals surface area contributed by atoms with Crippen molar-refractivity contribution in [3.8, 4) is 0 Å². The van der Waals surface area contributed by atoms with Gasteiger partial charge < -0.3 is 5.32 Å². The molecule has 1 N–H and O–H groups in total. The highest BCUT2D eigenvalue weighted by Gasteiger charge is 2.33. The number of thiophene rings is 1. The van der Waals surface area contributed by atoms with Crippen LogP contribution in [0.15, 0.2) is 17.5 Å². The monoisotopic (exact) mass is 384 g/mol. The molecule has 140 valence electrons. The lowest BCUT2D eigenvalue weighted by Crippen LogP contribution is -2.44. The van der Waals surface area contributed by atoms with Crippen LogP contribution in [-0.4, -0.2) is 49.9 Å². The minimum absolute atomic E-state index is 0.0198. The highest BCUT2D eigenvalue weighted by molar-refractivity contribution is 7.91. The topological polar surface area (TPSA) is 66.5 Å². The first-order chi connectivity index (χ1) is 12.0. The highest BCUT2D eigenvalue weighted by Crippen LogP contribution is 2.23. The lowest BCUT2D eigenvalue weighted by Gasteiger charge is -2.28. The first kappa shape index (κ1) is 18.9. The van der Waals surface area contributed by atoms with E-state index in [0.29, 0.717) is 18.9 Å². The fourth-order valence-corrected chi connectivity index (χ4v) is 6.36. The van der Waals surface area contributed by atoms with Crippen molar-refractivity contribution in [3.05, 3.63) is 22.4 Å². The first-order valence-corrected chi connectivity index (χ1v) is 12.0. The Hall–Kier alpha value is -0.920. The zero-order valence-electron chi connectivity index (χ0n) is 14.7. The van der Waals surface area contributed by atoms with E-state index in [0.717, 1.165) is 6.54 Å². The Morgan fingerprint density at radius 1 is 1.24 bits per heavy atom. The van der Waals surface area contributed by atoms with Crippen LogP contribution in [0.4, 0.5) is 0 Å². The zero-order chi connectivity index (χ0) is 17.7. The standard InChI is InChI=1S/C18H28N2O3S2/c21-18(19-11-15-5-2-1-3-6-15)13-20(12-17-7-4-9-24-17)16-8-10-25(22,23)14-16/h4,7,9,15-16H,1-3,5-6,8,10-14H2,(H,19,21)/t16-/m1/s1. The second kappa shape index (κ2) is 8.64. The molecule has 1 aliphatic carbocycles. The Morgan fingerprint density at radius 3 is 2.68 bits per heavy atom. The van der Waals surface area contributed by atoms with E-state index in [-0.39, 0.29) is 30.0 Å². The molecule has 5 nitrogen and oxygen atoms in total. The van der Waals surface area contributed by atoms with Gasteiger partial charge >= 0.3 is 0 Å². The summed E-state index contributed by atoms with van der Waals surface area (Å²) in [6.07, 6.45) is 6.90. The van der Waals surface area contributed by atoms with Gasteiger partial charge in [0.15, 0.2) is 9.84 Å². The van der Waals surface area contributed by atoms with Crippen molar-refractivity contribution in [3.63, 3.8) is 0 Å². The molecule has 0 aromatic carbocycles. The lowest BCUT2D eigenvalue weighted by molar-refractivity contribution is -0.123. The van der Waals surface area contributed by atoms with E-state index < -0.39 is 9.84 Å². The molecule has 1 amide bonds. The molecule has 1 saturated heterocycles. The van der Waals surface area contributed by atoms with Crippen molar-refractivity contribution >= 4 is 27.1 Å². The van der Waals surface area contributed by atoms with E-state index in [1.807, 2.05) is 22.4 Å². The number of rotatable bonds is 7. The van der Waals surface area contributed by atoms with E-state index in [4.69, 9.17) is 0 Å². The molecular weight excluding hydrogens is 356 g/mol. The summed E-state index contributed by atoms with van der Waals surface area (Å²) in [7, 11) is -2.95. The minimum atomic E-state index is -2.95.